The summed E-state index contributed by atoms with van der Waals surface area (Å²) in [5, 5.41) is 0. The van der Waals surface area contributed by atoms with Crippen LogP contribution in [0, 0.1) is 6.92 Å². The standard InChI is InChI=1S/C14H19Br2NO3/c1-7-10(8(15)6-9(16)11(7)17)12(13(18)19-5)20-14(2,3)4/h6,12H,17H2,1-5H3/t12-/m0/s1. The Morgan fingerprint density at radius 1 is 1.30 bits per heavy atom. The van der Waals surface area contributed by atoms with Crippen molar-refractivity contribution in [2.45, 2.75) is 39.4 Å². The number of nitrogens with two attached hydrogens (primary N) is 1. The number of hydrogen-bond donors (Lipinski definition) is 1. The van der Waals surface area contributed by atoms with E-state index in [1.54, 1.807) is 6.07 Å². The Morgan fingerprint density at radius 3 is 2.30 bits per heavy atom. The maximum Gasteiger partial charge on any atom is 0.339 e. The van der Waals surface area contributed by atoms with Gasteiger partial charge in [0.2, 0.25) is 0 Å². The molecule has 0 aliphatic rings. The number of rotatable bonds is 3. The first-order valence-electron chi connectivity index (χ1n) is 6.08. The molecule has 1 atom stereocenters. The Bertz CT molecular complexity index is 524. The molecular weight excluding hydrogens is 390 g/mol. The van der Waals surface area contributed by atoms with Crippen LogP contribution < -0.4 is 5.73 Å². The van der Waals surface area contributed by atoms with Crippen molar-refractivity contribution in [1.82, 2.24) is 0 Å². The Morgan fingerprint density at radius 2 is 1.85 bits per heavy atom. The van der Waals surface area contributed by atoms with Crippen LogP contribution in [-0.4, -0.2) is 18.7 Å². The summed E-state index contributed by atoms with van der Waals surface area (Å²) < 4.78 is 12.2. The molecule has 0 bridgehead atoms. The van der Waals surface area contributed by atoms with Crippen molar-refractivity contribution < 1.29 is 14.3 Å². The van der Waals surface area contributed by atoms with Crippen LogP contribution in [0.1, 0.15) is 38.0 Å². The molecule has 6 heteroatoms. The van der Waals surface area contributed by atoms with E-state index in [0.717, 1.165) is 14.5 Å². The third-order valence-electron chi connectivity index (χ3n) is 2.72. The smallest absolute Gasteiger partial charge is 0.339 e. The number of nitrogen functional groups attached to an aromatic ring is 1. The van der Waals surface area contributed by atoms with Gasteiger partial charge in [-0.25, -0.2) is 4.79 Å². The van der Waals surface area contributed by atoms with Crippen molar-refractivity contribution in [2.24, 2.45) is 0 Å². The van der Waals surface area contributed by atoms with Gasteiger partial charge in [-0.3, -0.25) is 0 Å². The SMILES string of the molecule is COC(=O)[C@@H](OC(C)(C)C)c1c(Br)cc(Br)c(N)c1C. The average molecular weight is 409 g/mol. The third kappa shape index (κ3) is 3.96. The number of benzene rings is 1. The fourth-order valence-electron chi connectivity index (χ4n) is 1.78. The van der Waals surface area contributed by atoms with Crippen molar-refractivity contribution in [3.8, 4) is 0 Å². The van der Waals surface area contributed by atoms with Crippen LogP contribution in [0.3, 0.4) is 0 Å². The van der Waals surface area contributed by atoms with Gasteiger partial charge in [0.15, 0.2) is 6.10 Å². The summed E-state index contributed by atoms with van der Waals surface area (Å²) in [4.78, 5) is 12.1. The molecule has 0 saturated carbocycles. The molecule has 0 amide bonds. The van der Waals surface area contributed by atoms with Gasteiger partial charge in [-0.05, 0) is 55.3 Å². The molecule has 0 aliphatic heterocycles. The molecule has 0 spiro atoms. The molecule has 2 N–H and O–H groups in total. The quantitative estimate of drug-likeness (QED) is 0.603. The Hall–Kier alpha value is -0.590. The van der Waals surface area contributed by atoms with Gasteiger partial charge in [0.1, 0.15) is 0 Å². The molecule has 0 unspecified atom stereocenters. The number of halogens is 2. The first-order valence-corrected chi connectivity index (χ1v) is 7.66. The van der Waals surface area contributed by atoms with Crippen molar-refractivity contribution in [3.63, 3.8) is 0 Å². The van der Waals surface area contributed by atoms with Gasteiger partial charge >= 0.3 is 5.97 Å². The predicted molar refractivity (Wildman–Crippen MR) is 86.6 cm³/mol. The fourth-order valence-corrected chi connectivity index (χ4v) is 3.35. The molecule has 1 aromatic carbocycles. The molecule has 0 fully saturated rings. The van der Waals surface area contributed by atoms with Crippen LogP contribution in [0.5, 0.6) is 0 Å². The molecule has 20 heavy (non-hydrogen) atoms. The molecule has 1 rings (SSSR count). The van der Waals surface area contributed by atoms with E-state index in [1.807, 2.05) is 27.7 Å². The first kappa shape index (κ1) is 17.5. The average Bonchev–Trinajstić information content (AvgIpc) is 2.32. The van der Waals surface area contributed by atoms with Gasteiger partial charge in [-0.15, -0.1) is 0 Å². The van der Waals surface area contributed by atoms with Gasteiger partial charge in [0.05, 0.1) is 12.7 Å². The van der Waals surface area contributed by atoms with E-state index in [4.69, 9.17) is 15.2 Å². The second kappa shape index (κ2) is 6.45. The summed E-state index contributed by atoms with van der Waals surface area (Å²) >= 11 is 6.85. The first-order chi connectivity index (χ1) is 9.08. The summed E-state index contributed by atoms with van der Waals surface area (Å²) in [5.41, 5.74) is 7.57. The van der Waals surface area contributed by atoms with Crippen LogP contribution in [-0.2, 0) is 14.3 Å². The van der Waals surface area contributed by atoms with Crippen LogP contribution in [0.15, 0.2) is 15.0 Å². The van der Waals surface area contributed by atoms with E-state index in [1.165, 1.54) is 7.11 Å². The molecule has 0 heterocycles. The maximum atomic E-state index is 12.1. The van der Waals surface area contributed by atoms with Gasteiger partial charge < -0.3 is 15.2 Å². The highest BCUT2D eigenvalue weighted by Gasteiger charge is 2.31. The summed E-state index contributed by atoms with van der Waals surface area (Å²) in [6.07, 6.45) is -0.829. The number of carbonyl (C=O) groups is 1. The minimum Gasteiger partial charge on any atom is -0.467 e. The summed E-state index contributed by atoms with van der Waals surface area (Å²) in [7, 11) is 1.34. The monoisotopic (exact) mass is 407 g/mol. The van der Waals surface area contributed by atoms with Crippen molar-refractivity contribution in [2.75, 3.05) is 12.8 Å². The summed E-state index contributed by atoms with van der Waals surface area (Å²) in [6, 6.07) is 1.81. The fraction of sp³-hybridized carbons (Fsp3) is 0.500. The topological polar surface area (TPSA) is 61.5 Å². The number of anilines is 1. The second-order valence-electron chi connectivity index (χ2n) is 5.43. The lowest BCUT2D eigenvalue weighted by Gasteiger charge is -2.28. The summed E-state index contributed by atoms with van der Waals surface area (Å²) in [6.45, 7) is 7.50. The van der Waals surface area contributed by atoms with Gasteiger partial charge in [-0.1, -0.05) is 15.9 Å². The molecule has 1 aromatic rings. The third-order valence-corrected chi connectivity index (χ3v) is 4.04. The zero-order valence-corrected chi connectivity index (χ0v) is 15.4. The Kier molecular flexibility index (Phi) is 5.63. The molecular formula is C14H19Br2NO3. The van der Waals surface area contributed by atoms with Crippen molar-refractivity contribution >= 4 is 43.5 Å². The predicted octanol–water partition coefficient (Wildman–Crippen LogP) is 4.13. The number of esters is 1. The number of ether oxygens (including phenoxy) is 2. The molecule has 0 radical (unpaired) electrons. The Labute approximate surface area is 136 Å². The number of methoxy groups -OCH3 is 1. The molecule has 4 nitrogen and oxygen atoms in total. The number of carbonyl (C=O) groups excluding carboxylic acids is 1. The minimum atomic E-state index is -0.829. The van der Waals surface area contributed by atoms with Crippen LogP contribution in [0.25, 0.3) is 0 Å². The van der Waals surface area contributed by atoms with Gasteiger partial charge in [0, 0.05) is 20.2 Å². The highest BCUT2D eigenvalue weighted by atomic mass is 79.9. The van der Waals surface area contributed by atoms with Crippen LogP contribution in [0.4, 0.5) is 5.69 Å². The van der Waals surface area contributed by atoms with E-state index in [9.17, 15) is 4.79 Å². The van der Waals surface area contributed by atoms with Crippen molar-refractivity contribution in [3.05, 3.63) is 26.1 Å². The van der Waals surface area contributed by atoms with E-state index in [2.05, 4.69) is 31.9 Å². The lowest BCUT2D eigenvalue weighted by molar-refractivity contribution is -0.164. The molecule has 0 saturated heterocycles. The zero-order chi connectivity index (χ0) is 15.7. The molecule has 0 aliphatic carbocycles. The van der Waals surface area contributed by atoms with Gasteiger partial charge in [-0.2, -0.15) is 0 Å². The van der Waals surface area contributed by atoms with E-state index in [-0.39, 0.29) is 0 Å². The van der Waals surface area contributed by atoms with Gasteiger partial charge in [0.25, 0.3) is 0 Å². The van der Waals surface area contributed by atoms with Crippen LogP contribution >= 0.6 is 31.9 Å². The summed E-state index contributed by atoms with van der Waals surface area (Å²) in [5.74, 6) is -0.453. The van der Waals surface area contributed by atoms with Crippen molar-refractivity contribution in [1.29, 1.82) is 0 Å². The van der Waals surface area contributed by atoms with E-state index in [0.29, 0.717) is 11.3 Å². The number of hydrogen-bond acceptors (Lipinski definition) is 4. The van der Waals surface area contributed by atoms with E-state index < -0.39 is 17.7 Å². The normalized spacial score (nSPS) is 13.2. The molecule has 112 valence electrons. The largest absolute Gasteiger partial charge is 0.467 e. The highest BCUT2D eigenvalue weighted by Crippen LogP contribution is 2.38. The van der Waals surface area contributed by atoms with E-state index >= 15 is 0 Å². The Balaban J connectivity index is 3.42. The lowest BCUT2D eigenvalue weighted by atomic mass is 10.0. The minimum absolute atomic E-state index is 0.453. The second-order valence-corrected chi connectivity index (χ2v) is 7.13. The lowest BCUT2D eigenvalue weighted by Crippen LogP contribution is -2.29. The highest BCUT2D eigenvalue weighted by molar-refractivity contribution is 9.11. The zero-order valence-electron chi connectivity index (χ0n) is 12.2. The van der Waals surface area contributed by atoms with Crippen LogP contribution in [0.2, 0.25) is 0 Å². The molecule has 0 aromatic heterocycles. The maximum absolute atomic E-state index is 12.1.